The van der Waals surface area contributed by atoms with Crippen LogP contribution in [0.4, 0.5) is 5.69 Å². The molecule has 0 aliphatic carbocycles. The van der Waals surface area contributed by atoms with Gasteiger partial charge in [-0.1, -0.05) is 12.2 Å². The fourth-order valence-corrected chi connectivity index (χ4v) is 1.39. The van der Waals surface area contributed by atoms with Crippen molar-refractivity contribution in [2.75, 3.05) is 6.61 Å². The van der Waals surface area contributed by atoms with Gasteiger partial charge in [-0.05, 0) is 17.7 Å². The molecule has 0 amide bonds. The molecule has 0 unspecified atom stereocenters. The van der Waals surface area contributed by atoms with Gasteiger partial charge in [-0.2, -0.15) is 0 Å². The molecule has 1 heterocycles. The Morgan fingerprint density at radius 3 is 2.57 bits per heavy atom. The number of non-ortho nitro benzene ring substituents is 1. The minimum absolute atomic E-state index is 0.0456. The first kappa shape index (κ1) is 8.90. The van der Waals surface area contributed by atoms with Crippen molar-refractivity contribution in [2.45, 2.75) is 6.10 Å². The quantitative estimate of drug-likeness (QED) is 0.409. The van der Waals surface area contributed by atoms with E-state index in [9.17, 15) is 10.1 Å². The maximum Gasteiger partial charge on any atom is 0.269 e. The molecule has 1 atom stereocenters. The molecular formula is C10H9NO3. The molecule has 0 saturated heterocycles. The Morgan fingerprint density at radius 2 is 2.07 bits per heavy atom. The second kappa shape index (κ2) is 3.59. The van der Waals surface area contributed by atoms with Gasteiger partial charge < -0.3 is 4.74 Å². The summed E-state index contributed by atoms with van der Waals surface area (Å²) in [7, 11) is 0. The summed E-state index contributed by atoms with van der Waals surface area (Å²) in [5, 5.41) is 10.4. The van der Waals surface area contributed by atoms with E-state index in [2.05, 4.69) is 0 Å². The van der Waals surface area contributed by atoms with Crippen molar-refractivity contribution in [3.8, 4) is 0 Å². The molecule has 0 spiro atoms. The first-order valence-electron chi connectivity index (χ1n) is 4.30. The third-order valence-corrected chi connectivity index (χ3v) is 2.12. The summed E-state index contributed by atoms with van der Waals surface area (Å²) in [5.41, 5.74) is 1.06. The lowest BCUT2D eigenvalue weighted by Gasteiger charge is -2.07. The second-order valence-corrected chi connectivity index (χ2v) is 3.03. The standard InChI is InChI=1S/C10H9NO3/c12-11(13)9-5-3-8(4-6-9)10-2-1-7-14-10/h1-6,10H,7H2/t10-/m0/s1. The fraction of sp³-hybridized carbons (Fsp3) is 0.200. The number of hydrogen-bond acceptors (Lipinski definition) is 3. The molecule has 4 nitrogen and oxygen atoms in total. The Morgan fingerprint density at radius 1 is 1.36 bits per heavy atom. The van der Waals surface area contributed by atoms with Gasteiger partial charge in [-0.3, -0.25) is 10.1 Å². The fourth-order valence-electron chi connectivity index (χ4n) is 1.39. The molecule has 2 rings (SSSR count). The zero-order valence-corrected chi connectivity index (χ0v) is 7.42. The minimum atomic E-state index is -0.408. The van der Waals surface area contributed by atoms with Crippen LogP contribution in [0.1, 0.15) is 11.7 Å². The highest BCUT2D eigenvalue weighted by Gasteiger charge is 2.13. The van der Waals surface area contributed by atoms with E-state index in [1.54, 1.807) is 12.1 Å². The molecule has 14 heavy (non-hydrogen) atoms. The van der Waals surface area contributed by atoms with Crippen LogP contribution in [-0.2, 0) is 4.74 Å². The average molecular weight is 191 g/mol. The lowest BCUT2D eigenvalue weighted by atomic mass is 10.1. The zero-order valence-electron chi connectivity index (χ0n) is 7.42. The van der Waals surface area contributed by atoms with E-state index in [0.717, 1.165) is 5.56 Å². The van der Waals surface area contributed by atoms with Crippen LogP contribution < -0.4 is 0 Å². The van der Waals surface area contributed by atoms with Gasteiger partial charge in [-0.25, -0.2) is 0 Å². The van der Waals surface area contributed by atoms with E-state index >= 15 is 0 Å². The van der Waals surface area contributed by atoms with Crippen molar-refractivity contribution in [1.82, 2.24) is 0 Å². The highest BCUT2D eigenvalue weighted by atomic mass is 16.6. The van der Waals surface area contributed by atoms with Crippen LogP contribution in [0, 0.1) is 10.1 Å². The van der Waals surface area contributed by atoms with Gasteiger partial charge in [0.05, 0.1) is 11.5 Å². The molecule has 72 valence electrons. The predicted molar refractivity (Wildman–Crippen MR) is 50.9 cm³/mol. The van der Waals surface area contributed by atoms with Crippen LogP contribution in [0.15, 0.2) is 36.4 Å². The summed E-state index contributed by atoms with van der Waals surface area (Å²) in [6.45, 7) is 0.613. The number of nitro benzene ring substituents is 1. The lowest BCUT2D eigenvalue weighted by molar-refractivity contribution is -0.384. The summed E-state index contributed by atoms with van der Waals surface area (Å²) in [5.74, 6) is 0. The Labute approximate surface area is 81.0 Å². The molecule has 1 aromatic carbocycles. The third kappa shape index (κ3) is 1.65. The summed E-state index contributed by atoms with van der Waals surface area (Å²) in [4.78, 5) is 9.99. The molecule has 0 aromatic heterocycles. The van der Waals surface area contributed by atoms with Crippen molar-refractivity contribution in [2.24, 2.45) is 0 Å². The predicted octanol–water partition coefficient (Wildman–Crippen LogP) is 2.22. The lowest BCUT2D eigenvalue weighted by Crippen LogP contribution is -1.96. The van der Waals surface area contributed by atoms with Crippen LogP contribution in [0.2, 0.25) is 0 Å². The van der Waals surface area contributed by atoms with Gasteiger partial charge in [0.1, 0.15) is 6.10 Å². The van der Waals surface area contributed by atoms with Crippen molar-refractivity contribution < 1.29 is 9.66 Å². The molecule has 4 heteroatoms. The van der Waals surface area contributed by atoms with Crippen LogP contribution in [0.5, 0.6) is 0 Å². The van der Waals surface area contributed by atoms with Crippen LogP contribution in [-0.4, -0.2) is 11.5 Å². The van der Waals surface area contributed by atoms with E-state index < -0.39 is 4.92 Å². The minimum Gasteiger partial charge on any atom is -0.365 e. The van der Waals surface area contributed by atoms with Gasteiger partial charge in [-0.15, -0.1) is 0 Å². The number of benzene rings is 1. The Bertz CT molecular complexity index is 369. The molecule has 0 saturated carbocycles. The normalized spacial score (nSPS) is 19.9. The third-order valence-electron chi connectivity index (χ3n) is 2.12. The first-order valence-corrected chi connectivity index (χ1v) is 4.30. The molecule has 0 radical (unpaired) electrons. The summed E-state index contributed by atoms with van der Waals surface area (Å²) in [6, 6.07) is 6.42. The van der Waals surface area contributed by atoms with Crippen LogP contribution in [0.25, 0.3) is 0 Å². The monoisotopic (exact) mass is 191 g/mol. The van der Waals surface area contributed by atoms with Gasteiger partial charge >= 0.3 is 0 Å². The summed E-state index contributed by atoms with van der Waals surface area (Å²) < 4.78 is 5.36. The second-order valence-electron chi connectivity index (χ2n) is 3.03. The molecule has 0 N–H and O–H groups in total. The molecular weight excluding hydrogens is 182 g/mol. The smallest absolute Gasteiger partial charge is 0.269 e. The Kier molecular flexibility index (Phi) is 2.28. The Hall–Kier alpha value is -1.68. The number of hydrogen-bond donors (Lipinski definition) is 0. The first-order chi connectivity index (χ1) is 6.77. The van der Waals surface area contributed by atoms with Crippen molar-refractivity contribution in [3.05, 3.63) is 52.1 Å². The molecule has 0 fully saturated rings. The van der Waals surface area contributed by atoms with E-state index in [1.807, 2.05) is 12.2 Å². The van der Waals surface area contributed by atoms with Gasteiger partial charge in [0.15, 0.2) is 0 Å². The summed E-state index contributed by atoms with van der Waals surface area (Å²) >= 11 is 0. The van der Waals surface area contributed by atoms with Crippen LogP contribution in [0.3, 0.4) is 0 Å². The number of nitro groups is 1. The highest BCUT2D eigenvalue weighted by molar-refractivity contribution is 5.35. The van der Waals surface area contributed by atoms with E-state index in [1.165, 1.54) is 12.1 Å². The topological polar surface area (TPSA) is 52.4 Å². The van der Waals surface area contributed by atoms with E-state index in [-0.39, 0.29) is 11.8 Å². The Balaban J connectivity index is 2.21. The number of ether oxygens (including phenoxy) is 1. The molecule has 1 aliphatic rings. The summed E-state index contributed by atoms with van der Waals surface area (Å²) in [6.07, 6.45) is 3.84. The average Bonchev–Trinajstić information content (AvgIpc) is 2.71. The van der Waals surface area contributed by atoms with E-state index in [0.29, 0.717) is 6.61 Å². The molecule has 1 aliphatic heterocycles. The largest absolute Gasteiger partial charge is 0.365 e. The maximum absolute atomic E-state index is 10.4. The van der Waals surface area contributed by atoms with Gasteiger partial charge in [0.25, 0.3) is 5.69 Å². The van der Waals surface area contributed by atoms with Gasteiger partial charge in [0.2, 0.25) is 0 Å². The van der Waals surface area contributed by atoms with Crippen molar-refractivity contribution in [1.29, 1.82) is 0 Å². The van der Waals surface area contributed by atoms with Crippen LogP contribution >= 0.6 is 0 Å². The van der Waals surface area contributed by atoms with Gasteiger partial charge in [0, 0.05) is 12.1 Å². The SMILES string of the molecule is O=[N+]([O-])c1ccc([C@@H]2C=CCO2)cc1. The highest BCUT2D eigenvalue weighted by Crippen LogP contribution is 2.24. The number of rotatable bonds is 2. The molecule has 0 bridgehead atoms. The molecule has 1 aromatic rings. The maximum atomic E-state index is 10.4. The van der Waals surface area contributed by atoms with Crippen molar-refractivity contribution in [3.63, 3.8) is 0 Å². The van der Waals surface area contributed by atoms with Crippen molar-refractivity contribution >= 4 is 5.69 Å². The van der Waals surface area contributed by atoms with E-state index in [4.69, 9.17) is 4.74 Å². The zero-order chi connectivity index (χ0) is 9.97. The number of nitrogens with zero attached hydrogens (tertiary/aromatic N) is 1.